The van der Waals surface area contributed by atoms with Crippen LogP contribution in [0.5, 0.6) is 0 Å². The van der Waals surface area contributed by atoms with Crippen LogP contribution in [0.1, 0.15) is 44.1 Å². The van der Waals surface area contributed by atoms with Crippen molar-refractivity contribution >= 4 is 44.7 Å². The Morgan fingerprint density at radius 1 is 1.25 bits per heavy atom. The molecule has 0 aliphatic heterocycles. The minimum absolute atomic E-state index is 0.0856. The number of nitrogens with two attached hydrogens (primary N) is 1. The molecule has 0 atom stereocenters. The molecule has 0 aromatic heterocycles. The van der Waals surface area contributed by atoms with E-state index in [9.17, 15) is 4.79 Å². The Morgan fingerprint density at radius 3 is 2.50 bits per heavy atom. The van der Waals surface area contributed by atoms with Gasteiger partial charge in [-0.25, -0.2) is 0 Å². The monoisotopic (exact) mass is 354 g/mol. The van der Waals surface area contributed by atoms with Gasteiger partial charge in [-0.05, 0) is 31.0 Å². The van der Waals surface area contributed by atoms with Crippen molar-refractivity contribution in [3.63, 3.8) is 0 Å². The molecule has 1 aliphatic carbocycles. The molecule has 1 aromatic carbocycles. The molecule has 1 fully saturated rings. The molecule has 5 heteroatoms. The number of benzene rings is 1. The minimum Gasteiger partial charge on any atom is -0.389 e. The van der Waals surface area contributed by atoms with Crippen molar-refractivity contribution in [1.29, 1.82) is 0 Å². The van der Waals surface area contributed by atoms with Crippen LogP contribution >= 0.6 is 28.1 Å². The summed E-state index contributed by atoms with van der Waals surface area (Å²) in [4.78, 5) is 12.7. The van der Waals surface area contributed by atoms with E-state index >= 15 is 0 Å². The van der Waals surface area contributed by atoms with Gasteiger partial charge in [-0.2, -0.15) is 0 Å². The molecule has 0 unspecified atom stereocenters. The first-order valence-corrected chi connectivity index (χ1v) is 8.18. The van der Waals surface area contributed by atoms with Crippen molar-refractivity contribution in [2.75, 3.05) is 5.32 Å². The Balaban J connectivity index is 2.14. The Bertz CT molecular complexity index is 511. The van der Waals surface area contributed by atoms with Crippen LogP contribution in [0.3, 0.4) is 0 Å². The number of amides is 1. The van der Waals surface area contributed by atoms with E-state index in [1.165, 1.54) is 12.8 Å². The van der Waals surface area contributed by atoms with Gasteiger partial charge in [-0.3, -0.25) is 4.79 Å². The standard InChI is InChI=1S/C15H19BrN2OS/c16-11-7-8-12(14(17)20)13(9-11)18-15(19)10-5-3-1-2-4-6-10/h7-10H,1-6H2,(H2,17,20)(H,18,19). The second-order valence-electron chi connectivity index (χ2n) is 5.23. The second-order valence-corrected chi connectivity index (χ2v) is 6.59. The summed E-state index contributed by atoms with van der Waals surface area (Å²) in [6.45, 7) is 0. The maximum atomic E-state index is 12.4. The third-order valence-corrected chi connectivity index (χ3v) is 4.44. The fourth-order valence-electron chi connectivity index (χ4n) is 2.61. The Kier molecular flexibility index (Phi) is 5.54. The number of carbonyl (C=O) groups is 1. The van der Waals surface area contributed by atoms with Crippen LogP contribution in [-0.2, 0) is 4.79 Å². The number of nitrogens with one attached hydrogen (secondary N) is 1. The van der Waals surface area contributed by atoms with Crippen LogP contribution < -0.4 is 11.1 Å². The maximum Gasteiger partial charge on any atom is 0.227 e. The van der Waals surface area contributed by atoms with Gasteiger partial charge in [0.25, 0.3) is 0 Å². The van der Waals surface area contributed by atoms with Crippen molar-refractivity contribution in [2.45, 2.75) is 38.5 Å². The van der Waals surface area contributed by atoms with Crippen LogP contribution in [0.2, 0.25) is 0 Å². The van der Waals surface area contributed by atoms with E-state index in [1.54, 1.807) is 0 Å². The quantitative estimate of drug-likeness (QED) is 0.637. The predicted molar refractivity (Wildman–Crippen MR) is 89.9 cm³/mol. The first-order chi connectivity index (χ1) is 9.58. The van der Waals surface area contributed by atoms with Gasteiger partial charge in [0.05, 0.1) is 5.69 Å². The summed E-state index contributed by atoms with van der Waals surface area (Å²) in [5.41, 5.74) is 7.12. The second kappa shape index (κ2) is 7.18. The normalized spacial score (nSPS) is 16.4. The van der Waals surface area contributed by atoms with E-state index in [1.807, 2.05) is 18.2 Å². The highest BCUT2D eigenvalue weighted by molar-refractivity contribution is 9.10. The average Bonchev–Trinajstić information content (AvgIpc) is 2.67. The van der Waals surface area contributed by atoms with E-state index < -0.39 is 0 Å². The molecule has 0 spiro atoms. The first-order valence-electron chi connectivity index (χ1n) is 6.98. The van der Waals surface area contributed by atoms with Crippen LogP contribution in [-0.4, -0.2) is 10.9 Å². The van der Waals surface area contributed by atoms with Gasteiger partial charge >= 0.3 is 0 Å². The lowest BCUT2D eigenvalue weighted by molar-refractivity contribution is -0.120. The highest BCUT2D eigenvalue weighted by Gasteiger charge is 2.21. The zero-order chi connectivity index (χ0) is 14.5. The fourth-order valence-corrected chi connectivity index (χ4v) is 3.15. The minimum atomic E-state index is 0.0856. The van der Waals surface area contributed by atoms with Crippen LogP contribution in [0.15, 0.2) is 22.7 Å². The third-order valence-electron chi connectivity index (χ3n) is 3.73. The van der Waals surface area contributed by atoms with Crippen LogP contribution in [0.4, 0.5) is 5.69 Å². The molecule has 1 aliphatic rings. The Hall–Kier alpha value is -0.940. The summed E-state index contributed by atoms with van der Waals surface area (Å²) in [7, 11) is 0. The molecule has 108 valence electrons. The van der Waals surface area contributed by atoms with E-state index in [0.717, 1.165) is 30.2 Å². The van der Waals surface area contributed by atoms with Crippen LogP contribution in [0.25, 0.3) is 0 Å². The number of thiocarbonyl (C=S) groups is 1. The zero-order valence-electron chi connectivity index (χ0n) is 11.3. The molecule has 3 N–H and O–H groups in total. The van der Waals surface area contributed by atoms with Gasteiger partial charge in [0.1, 0.15) is 4.99 Å². The molecular formula is C15H19BrN2OS. The van der Waals surface area contributed by atoms with E-state index in [2.05, 4.69) is 21.2 Å². The summed E-state index contributed by atoms with van der Waals surface area (Å²) in [6.07, 6.45) is 6.69. The molecule has 20 heavy (non-hydrogen) atoms. The van der Waals surface area contributed by atoms with Gasteiger partial charge in [-0.15, -0.1) is 0 Å². The van der Waals surface area contributed by atoms with E-state index in [-0.39, 0.29) is 11.8 Å². The Labute approximate surface area is 133 Å². The summed E-state index contributed by atoms with van der Waals surface area (Å²) < 4.78 is 0.897. The number of hydrogen-bond donors (Lipinski definition) is 2. The van der Waals surface area contributed by atoms with Gasteiger partial charge in [0, 0.05) is 16.0 Å². The molecule has 0 saturated heterocycles. The Morgan fingerprint density at radius 2 is 1.90 bits per heavy atom. The zero-order valence-corrected chi connectivity index (χ0v) is 13.7. The summed E-state index contributed by atoms with van der Waals surface area (Å²) in [6, 6.07) is 5.55. The molecule has 3 nitrogen and oxygen atoms in total. The molecule has 0 bridgehead atoms. The molecule has 0 radical (unpaired) electrons. The molecule has 2 rings (SSSR count). The van der Waals surface area contributed by atoms with Gasteiger partial charge in [0.15, 0.2) is 0 Å². The van der Waals surface area contributed by atoms with Crippen molar-refractivity contribution in [3.05, 3.63) is 28.2 Å². The number of hydrogen-bond acceptors (Lipinski definition) is 2. The van der Waals surface area contributed by atoms with E-state index in [4.69, 9.17) is 18.0 Å². The summed E-state index contributed by atoms with van der Waals surface area (Å²) >= 11 is 8.44. The van der Waals surface area contributed by atoms with Crippen molar-refractivity contribution in [1.82, 2.24) is 0 Å². The largest absolute Gasteiger partial charge is 0.389 e. The maximum absolute atomic E-state index is 12.4. The highest BCUT2D eigenvalue weighted by atomic mass is 79.9. The smallest absolute Gasteiger partial charge is 0.227 e. The van der Waals surface area contributed by atoms with Crippen molar-refractivity contribution < 1.29 is 4.79 Å². The molecule has 1 saturated carbocycles. The lowest BCUT2D eigenvalue weighted by Crippen LogP contribution is -2.24. The summed E-state index contributed by atoms with van der Waals surface area (Å²) in [5, 5.41) is 2.99. The number of carbonyl (C=O) groups excluding carboxylic acids is 1. The fraction of sp³-hybridized carbons (Fsp3) is 0.467. The molecule has 0 heterocycles. The number of anilines is 1. The highest BCUT2D eigenvalue weighted by Crippen LogP contribution is 2.26. The summed E-state index contributed by atoms with van der Waals surface area (Å²) in [5.74, 6) is 0.193. The van der Waals surface area contributed by atoms with Crippen LogP contribution in [0, 0.1) is 5.92 Å². The average molecular weight is 355 g/mol. The SMILES string of the molecule is NC(=S)c1ccc(Br)cc1NC(=O)C1CCCCCC1. The van der Waals surface area contributed by atoms with Crippen molar-refractivity contribution in [2.24, 2.45) is 11.7 Å². The lowest BCUT2D eigenvalue weighted by Gasteiger charge is -2.16. The van der Waals surface area contributed by atoms with E-state index in [0.29, 0.717) is 16.2 Å². The predicted octanol–water partition coefficient (Wildman–Crippen LogP) is 3.99. The number of rotatable bonds is 3. The lowest BCUT2D eigenvalue weighted by atomic mass is 9.99. The molecule has 1 amide bonds. The van der Waals surface area contributed by atoms with Gasteiger partial charge in [-0.1, -0.05) is 53.8 Å². The van der Waals surface area contributed by atoms with Gasteiger partial charge in [0.2, 0.25) is 5.91 Å². The topological polar surface area (TPSA) is 55.1 Å². The van der Waals surface area contributed by atoms with Crippen molar-refractivity contribution in [3.8, 4) is 0 Å². The van der Waals surface area contributed by atoms with Gasteiger partial charge < -0.3 is 11.1 Å². The third kappa shape index (κ3) is 4.03. The molecular weight excluding hydrogens is 336 g/mol. The molecule has 1 aromatic rings. The first kappa shape index (κ1) is 15.4. The number of halogens is 1.